The number of nitrogens with one attached hydrogen (secondary N) is 3. The van der Waals surface area contributed by atoms with Crippen molar-refractivity contribution in [1.29, 1.82) is 0 Å². The van der Waals surface area contributed by atoms with Crippen LogP contribution in [0.3, 0.4) is 0 Å². The van der Waals surface area contributed by atoms with Gasteiger partial charge in [0.1, 0.15) is 11.7 Å². The normalized spacial score (nSPS) is 17.9. The molecule has 104 valence electrons. The molecule has 0 spiro atoms. The molecule has 0 aliphatic carbocycles. The van der Waals surface area contributed by atoms with Crippen LogP contribution in [0.4, 0.5) is 0 Å². The maximum atomic E-state index is 11.9. The molecule has 0 radical (unpaired) electrons. The molecule has 1 aromatic heterocycles. The van der Waals surface area contributed by atoms with Crippen molar-refractivity contribution in [3.8, 4) is 0 Å². The first-order valence-corrected chi connectivity index (χ1v) is 6.91. The highest BCUT2D eigenvalue weighted by atomic mass is 32.1. The van der Waals surface area contributed by atoms with E-state index >= 15 is 0 Å². The maximum Gasteiger partial charge on any atom is 0.336 e. The van der Waals surface area contributed by atoms with Crippen molar-refractivity contribution < 1.29 is 4.42 Å². The van der Waals surface area contributed by atoms with E-state index in [1.165, 1.54) is 6.07 Å². The van der Waals surface area contributed by atoms with E-state index in [1.807, 2.05) is 36.4 Å². The smallest absolute Gasteiger partial charge is 0.336 e. The Morgan fingerprint density at radius 1 is 1.10 bits per heavy atom. The molecular formula is C15H11N3O2S. The molecule has 21 heavy (non-hydrogen) atoms. The minimum atomic E-state index is -0.379. The first-order valence-electron chi connectivity index (χ1n) is 6.50. The molecular weight excluding hydrogens is 286 g/mol. The second-order valence-electron chi connectivity index (χ2n) is 4.86. The summed E-state index contributed by atoms with van der Waals surface area (Å²) in [5.74, 6) is 0. The Labute approximate surface area is 124 Å². The van der Waals surface area contributed by atoms with E-state index in [4.69, 9.17) is 16.6 Å². The van der Waals surface area contributed by atoms with Crippen LogP contribution in [0.1, 0.15) is 11.7 Å². The van der Waals surface area contributed by atoms with Gasteiger partial charge in [0, 0.05) is 22.4 Å². The summed E-state index contributed by atoms with van der Waals surface area (Å²) in [6.45, 7) is 0. The zero-order valence-corrected chi connectivity index (χ0v) is 11.7. The fourth-order valence-electron chi connectivity index (χ4n) is 2.65. The van der Waals surface area contributed by atoms with Crippen LogP contribution in [0.25, 0.3) is 21.7 Å². The molecule has 1 aliphatic heterocycles. The average Bonchev–Trinajstić information content (AvgIpc) is 2.93. The van der Waals surface area contributed by atoms with Gasteiger partial charge in [-0.3, -0.25) is 5.43 Å². The molecule has 1 unspecified atom stereocenters. The second kappa shape index (κ2) is 4.54. The molecule has 1 atom stereocenters. The number of fused-ring (bicyclic) bond motifs is 3. The van der Waals surface area contributed by atoms with Crippen LogP contribution in [0.15, 0.2) is 51.7 Å². The Morgan fingerprint density at radius 3 is 2.76 bits per heavy atom. The van der Waals surface area contributed by atoms with Gasteiger partial charge in [-0.25, -0.2) is 10.2 Å². The highest BCUT2D eigenvalue weighted by Crippen LogP contribution is 2.28. The van der Waals surface area contributed by atoms with Gasteiger partial charge >= 0.3 is 5.63 Å². The van der Waals surface area contributed by atoms with Crippen molar-refractivity contribution >= 4 is 39.1 Å². The maximum absolute atomic E-state index is 11.9. The minimum Gasteiger partial charge on any atom is -0.422 e. The minimum absolute atomic E-state index is 0.259. The lowest BCUT2D eigenvalue weighted by Gasteiger charge is -2.13. The molecule has 1 aliphatic rings. The van der Waals surface area contributed by atoms with Crippen molar-refractivity contribution in [3.05, 3.63) is 58.4 Å². The Bertz CT molecular complexity index is 935. The van der Waals surface area contributed by atoms with Crippen LogP contribution in [0.2, 0.25) is 0 Å². The monoisotopic (exact) mass is 297 g/mol. The number of hydrazine groups is 1. The Hall–Kier alpha value is -2.44. The Balaban J connectivity index is 2.05. The zero-order valence-electron chi connectivity index (χ0n) is 10.8. The Morgan fingerprint density at radius 2 is 1.95 bits per heavy atom. The number of rotatable bonds is 1. The summed E-state index contributed by atoms with van der Waals surface area (Å²) in [5, 5.41) is 6.40. The summed E-state index contributed by atoms with van der Waals surface area (Å²) in [5.41, 5.74) is 6.85. The van der Waals surface area contributed by atoms with E-state index in [0.717, 1.165) is 21.7 Å². The molecule has 1 fully saturated rings. The summed E-state index contributed by atoms with van der Waals surface area (Å²) >= 11 is 5.04. The van der Waals surface area contributed by atoms with Crippen LogP contribution in [-0.2, 0) is 0 Å². The number of hydrogen-bond acceptors (Lipinski definition) is 4. The van der Waals surface area contributed by atoms with Crippen LogP contribution in [0.5, 0.6) is 0 Å². The molecule has 1 saturated heterocycles. The van der Waals surface area contributed by atoms with Crippen LogP contribution < -0.4 is 21.8 Å². The first-order chi connectivity index (χ1) is 10.2. The van der Waals surface area contributed by atoms with Crippen molar-refractivity contribution in [2.24, 2.45) is 0 Å². The van der Waals surface area contributed by atoms with E-state index in [1.54, 1.807) is 0 Å². The van der Waals surface area contributed by atoms with E-state index in [2.05, 4.69) is 16.2 Å². The lowest BCUT2D eigenvalue weighted by Crippen LogP contribution is -2.27. The van der Waals surface area contributed by atoms with Crippen molar-refractivity contribution in [2.75, 3.05) is 0 Å². The molecule has 0 amide bonds. The molecule has 2 aromatic carbocycles. The molecule has 0 bridgehead atoms. The third-order valence-electron chi connectivity index (χ3n) is 3.58. The zero-order chi connectivity index (χ0) is 14.4. The Kier molecular flexibility index (Phi) is 2.66. The SMILES string of the molecule is O=c1cc(C2NNC(=S)N2)c2ccc3ccccc3c2o1. The molecule has 5 nitrogen and oxygen atoms in total. The van der Waals surface area contributed by atoms with Gasteiger partial charge in [-0.05, 0) is 17.6 Å². The predicted octanol–water partition coefficient (Wildman–Crippen LogP) is 1.93. The number of hydrogen-bond donors (Lipinski definition) is 3. The molecule has 2 heterocycles. The summed E-state index contributed by atoms with van der Waals surface area (Å²) in [4.78, 5) is 11.9. The third-order valence-corrected chi connectivity index (χ3v) is 3.80. The first kappa shape index (κ1) is 12.3. The third kappa shape index (κ3) is 1.96. The standard InChI is InChI=1S/C15H11N3O2S/c19-12-7-11(14-16-15(21)18-17-14)10-6-5-8-3-1-2-4-9(8)13(10)20-12/h1-7,14,17H,(H2,16,18,21). The highest BCUT2D eigenvalue weighted by Gasteiger charge is 2.22. The van der Waals surface area contributed by atoms with Gasteiger partial charge in [0.05, 0.1) is 0 Å². The molecule has 6 heteroatoms. The van der Waals surface area contributed by atoms with Crippen molar-refractivity contribution in [2.45, 2.75) is 6.17 Å². The molecule has 0 saturated carbocycles. The van der Waals surface area contributed by atoms with E-state index in [0.29, 0.717) is 10.7 Å². The van der Waals surface area contributed by atoms with E-state index in [-0.39, 0.29) is 11.8 Å². The number of thiocarbonyl (C=S) groups is 1. The van der Waals surface area contributed by atoms with Crippen LogP contribution in [-0.4, -0.2) is 5.11 Å². The lowest BCUT2D eigenvalue weighted by molar-refractivity contribution is 0.533. The average molecular weight is 297 g/mol. The van der Waals surface area contributed by atoms with Gasteiger partial charge in [0.15, 0.2) is 5.11 Å². The van der Waals surface area contributed by atoms with Gasteiger partial charge in [-0.1, -0.05) is 36.4 Å². The van der Waals surface area contributed by atoms with Gasteiger partial charge in [-0.2, -0.15) is 0 Å². The topological polar surface area (TPSA) is 66.3 Å². The van der Waals surface area contributed by atoms with Crippen molar-refractivity contribution in [1.82, 2.24) is 16.2 Å². The lowest BCUT2D eigenvalue weighted by atomic mass is 10.0. The largest absolute Gasteiger partial charge is 0.422 e. The molecule has 3 aromatic rings. The molecule has 3 N–H and O–H groups in total. The van der Waals surface area contributed by atoms with Gasteiger partial charge in [0.2, 0.25) is 0 Å². The quantitative estimate of drug-likeness (QED) is 0.362. The van der Waals surface area contributed by atoms with Gasteiger partial charge < -0.3 is 9.73 Å². The fourth-order valence-corrected chi connectivity index (χ4v) is 2.83. The summed E-state index contributed by atoms with van der Waals surface area (Å²) < 4.78 is 5.44. The summed E-state index contributed by atoms with van der Waals surface area (Å²) in [6.07, 6.45) is -0.259. The predicted molar refractivity (Wildman–Crippen MR) is 84.7 cm³/mol. The summed E-state index contributed by atoms with van der Waals surface area (Å²) in [6, 6.07) is 13.3. The summed E-state index contributed by atoms with van der Waals surface area (Å²) in [7, 11) is 0. The van der Waals surface area contributed by atoms with Gasteiger partial charge in [-0.15, -0.1) is 0 Å². The number of benzene rings is 2. The van der Waals surface area contributed by atoms with Crippen LogP contribution >= 0.6 is 12.2 Å². The van der Waals surface area contributed by atoms with Crippen LogP contribution in [0, 0.1) is 0 Å². The highest BCUT2D eigenvalue weighted by molar-refractivity contribution is 7.80. The second-order valence-corrected chi connectivity index (χ2v) is 5.27. The van der Waals surface area contributed by atoms with E-state index < -0.39 is 0 Å². The molecule has 4 rings (SSSR count). The van der Waals surface area contributed by atoms with Crippen molar-refractivity contribution in [3.63, 3.8) is 0 Å². The fraction of sp³-hybridized carbons (Fsp3) is 0.0667. The van der Waals surface area contributed by atoms with E-state index in [9.17, 15) is 4.79 Å². The van der Waals surface area contributed by atoms with Gasteiger partial charge in [0.25, 0.3) is 0 Å².